The number of amides is 1. The van der Waals surface area contributed by atoms with Gasteiger partial charge >= 0.3 is 0 Å². The Balaban J connectivity index is 2.33. The van der Waals surface area contributed by atoms with E-state index < -0.39 is 26.6 Å². The standard InChI is InChI=1S/C12H11FN2O3S2/c1-7-2-3-19-11(7)12(16)15-9-4-8(13)5-10(6-9)20(14,17)18/h2-6H,1H3,(H,15,16)(H2,14,17,18). The number of carbonyl (C=O) groups excluding carboxylic acids is 1. The van der Waals surface area contributed by atoms with E-state index in [9.17, 15) is 17.6 Å². The van der Waals surface area contributed by atoms with Gasteiger partial charge in [0, 0.05) is 5.69 Å². The Hall–Kier alpha value is -1.77. The minimum Gasteiger partial charge on any atom is -0.321 e. The van der Waals surface area contributed by atoms with Crippen LogP contribution in [0.2, 0.25) is 0 Å². The number of nitrogens with one attached hydrogen (secondary N) is 1. The van der Waals surface area contributed by atoms with Crippen LogP contribution in [0.4, 0.5) is 10.1 Å². The highest BCUT2D eigenvalue weighted by Gasteiger charge is 2.14. The second-order valence-corrected chi connectivity index (χ2v) is 6.59. The molecule has 1 amide bonds. The van der Waals surface area contributed by atoms with Crippen LogP contribution >= 0.6 is 11.3 Å². The van der Waals surface area contributed by atoms with Crippen LogP contribution in [-0.4, -0.2) is 14.3 Å². The van der Waals surface area contributed by atoms with Crippen molar-refractivity contribution in [1.82, 2.24) is 0 Å². The van der Waals surface area contributed by atoms with E-state index in [0.29, 0.717) is 4.88 Å². The first kappa shape index (κ1) is 14.6. The summed E-state index contributed by atoms with van der Waals surface area (Å²) in [7, 11) is -4.03. The first-order valence-electron chi connectivity index (χ1n) is 5.46. The lowest BCUT2D eigenvalue weighted by atomic mass is 10.2. The Bertz CT molecular complexity index is 769. The molecule has 2 aromatic rings. The molecule has 1 heterocycles. The summed E-state index contributed by atoms with van der Waals surface area (Å²) in [6, 6.07) is 4.71. The average Bonchev–Trinajstić information content (AvgIpc) is 2.73. The topological polar surface area (TPSA) is 89.3 Å². The Kier molecular flexibility index (Phi) is 3.89. The highest BCUT2D eigenvalue weighted by molar-refractivity contribution is 7.89. The lowest BCUT2D eigenvalue weighted by molar-refractivity contribution is 0.103. The SMILES string of the molecule is Cc1ccsc1C(=O)Nc1cc(F)cc(S(N)(=O)=O)c1. The van der Waals surface area contributed by atoms with Crippen LogP contribution < -0.4 is 10.5 Å². The zero-order chi connectivity index (χ0) is 14.9. The summed E-state index contributed by atoms with van der Waals surface area (Å²) in [6.45, 7) is 1.77. The van der Waals surface area contributed by atoms with Crippen LogP contribution in [0.1, 0.15) is 15.2 Å². The Morgan fingerprint density at radius 1 is 1.35 bits per heavy atom. The molecule has 1 aromatic heterocycles. The van der Waals surface area contributed by atoms with Gasteiger partial charge in [0.1, 0.15) is 5.82 Å². The zero-order valence-electron chi connectivity index (χ0n) is 10.4. The maximum absolute atomic E-state index is 13.4. The average molecular weight is 314 g/mol. The Morgan fingerprint density at radius 2 is 2.05 bits per heavy atom. The number of sulfonamides is 1. The molecule has 0 unspecified atom stereocenters. The summed E-state index contributed by atoms with van der Waals surface area (Å²) < 4.78 is 35.8. The normalized spacial score (nSPS) is 11.3. The van der Waals surface area contributed by atoms with Crippen molar-refractivity contribution in [2.75, 3.05) is 5.32 Å². The fraction of sp³-hybridized carbons (Fsp3) is 0.0833. The molecule has 20 heavy (non-hydrogen) atoms. The Labute approximate surface area is 119 Å². The maximum atomic E-state index is 13.4. The highest BCUT2D eigenvalue weighted by Crippen LogP contribution is 2.20. The summed E-state index contributed by atoms with van der Waals surface area (Å²) >= 11 is 1.24. The number of carbonyl (C=O) groups is 1. The first-order chi connectivity index (χ1) is 9.27. The van der Waals surface area contributed by atoms with Crippen molar-refractivity contribution in [2.45, 2.75) is 11.8 Å². The van der Waals surface area contributed by atoms with Crippen molar-refractivity contribution in [3.05, 3.63) is 45.9 Å². The van der Waals surface area contributed by atoms with Crippen molar-refractivity contribution in [3.8, 4) is 0 Å². The third kappa shape index (κ3) is 3.21. The molecule has 0 aliphatic heterocycles. The van der Waals surface area contributed by atoms with E-state index in [1.54, 1.807) is 18.4 Å². The van der Waals surface area contributed by atoms with Crippen molar-refractivity contribution in [3.63, 3.8) is 0 Å². The lowest BCUT2D eigenvalue weighted by Crippen LogP contribution is -2.15. The lowest BCUT2D eigenvalue weighted by Gasteiger charge is -2.07. The second kappa shape index (κ2) is 5.31. The number of hydrogen-bond acceptors (Lipinski definition) is 4. The summed E-state index contributed by atoms with van der Waals surface area (Å²) in [5, 5.41) is 9.14. The van der Waals surface area contributed by atoms with Crippen molar-refractivity contribution in [2.24, 2.45) is 5.14 Å². The third-order valence-corrected chi connectivity index (χ3v) is 4.43. The van der Waals surface area contributed by atoms with Crippen LogP contribution in [0.5, 0.6) is 0 Å². The molecule has 5 nitrogen and oxygen atoms in total. The predicted octanol–water partition coefficient (Wildman–Crippen LogP) is 2.10. The quantitative estimate of drug-likeness (QED) is 0.909. The second-order valence-electron chi connectivity index (χ2n) is 4.11. The molecule has 0 fully saturated rings. The summed E-state index contributed by atoms with van der Waals surface area (Å²) in [6.07, 6.45) is 0. The first-order valence-corrected chi connectivity index (χ1v) is 7.89. The number of anilines is 1. The van der Waals surface area contributed by atoms with E-state index in [4.69, 9.17) is 5.14 Å². The fourth-order valence-electron chi connectivity index (χ4n) is 1.59. The van der Waals surface area contributed by atoms with E-state index in [1.165, 1.54) is 11.3 Å². The number of halogens is 1. The molecule has 8 heteroatoms. The van der Waals surface area contributed by atoms with Crippen LogP contribution in [0, 0.1) is 12.7 Å². The fourth-order valence-corrected chi connectivity index (χ4v) is 2.98. The van der Waals surface area contributed by atoms with Crippen LogP contribution in [0.25, 0.3) is 0 Å². The molecule has 0 aliphatic rings. The number of nitrogens with two attached hydrogens (primary N) is 1. The minimum atomic E-state index is -4.03. The Morgan fingerprint density at radius 3 is 2.60 bits per heavy atom. The molecule has 0 atom stereocenters. The highest BCUT2D eigenvalue weighted by atomic mass is 32.2. The molecule has 3 N–H and O–H groups in total. The van der Waals surface area contributed by atoms with Gasteiger partial charge in [-0.25, -0.2) is 17.9 Å². The summed E-state index contributed by atoms with van der Waals surface area (Å²) in [5.41, 5.74) is 0.822. The zero-order valence-corrected chi connectivity index (χ0v) is 12.0. The van der Waals surface area contributed by atoms with Crippen LogP contribution in [0.15, 0.2) is 34.5 Å². The number of thiophene rings is 1. The molecule has 0 radical (unpaired) electrons. The largest absolute Gasteiger partial charge is 0.321 e. The molecule has 2 rings (SSSR count). The van der Waals surface area contributed by atoms with E-state index in [2.05, 4.69) is 5.32 Å². The summed E-state index contributed by atoms with van der Waals surface area (Å²) in [4.78, 5) is 12.0. The molecule has 0 spiro atoms. The minimum absolute atomic E-state index is 0.0341. The van der Waals surface area contributed by atoms with Crippen LogP contribution in [-0.2, 0) is 10.0 Å². The van der Waals surface area contributed by atoms with Gasteiger partial charge in [0.15, 0.2) is 0 Å². The third-order valence-electron chi connectivity index (χ3n) is 2.53. The van der Waals surface area contributed by atoms with Crippen LogP contribution in [0.3, 0.4) is 0 Å². The van der Waals surface area contributed by atoms with E-state index >= 15 is 0 Å². The van der Waals surface area contributed by atoms with Gasteiger partial charge in [0.2, 0.25) is 10.0 Å². The van der Waals surface area contributed by atoms with Gasteiger partial charge in [-0.2, -0.15) is 0 Å². The van der Waals surface area contributed by atoms with Crippen molar-refractivity contribution < 1.29 is 17.6 Å². The van der Waals surface area contributed by atoms with Crippen molar-refractivity contribution >= 4 is 33.0 Å². The van der Waals surface area contributed by atoms with Gasteiger partial charge in [-0.05, 0) is 42.1 Å². The maximum Gasteiger partial charge on any atom is 0.265 e. The monoisotopic (exact) mass is 314 g/mol. The molecule has 0 aliphatic carbocycles. The smallest absolute Gasteiger partial charge is 0.265 e. The van der Waals surface area contributed by atoms with Gasteiger partial charge in [-0.1, -0.05) is 0 Å². The van der Waals surface area contributed by atoms with Gasteiger partial charge in [0.05, 0.1) is 9.77 Å². The summed E-state index contributed by atoms with van der Waals surface area (Å²) in [5.74, 6) is -1.22. The number of aryl methyl sites for hydroxylation is 1. The van der Waals surface area contributed by atoms with E-state index in [1.807, 2.05) is 0 Å². The van der Waals surface area contributed by atoms with Gasteiger partial charge in [0.25, 0.3) is 5.91 Å². The number of rotatable bonds is 3. The molecule has 1 aromatic carbocycles. The molecular weight excluding hydrogens is 303 g/mol. The van der Waals surface area contributed by atoms with E-state index in [0.717, 1.165) is 23.8 Å². The van der Waals surface area contributed by atoms with Gasteiger partial charge < -0.3 is 5.32 Å². The molecular formula is C12H11FN2O3S2. The number of primary sulfonamides is 1. The van der Waals surface area contributed by atoms with Crippen molar-refractivity contribution in [1.29, 1.82) is 0 Å². The molecule has 0 saturated carbocycles. The number of hydrogen-bond donors (Lipinski definition) is 2. The van der Waals surface area contributed by atoms with Gasteiger partial charge in [-0.3, -0.25) is 4.79 Å². The number of benzene rings is 1. The predicted molar refractivity (Wildman–Crippen MR) is 74.8 cm³/mol. The molecule has 0 saturated heterocycles. The molecule has 0 bridgehead atoms. The molecule has 106 valence electrons. The van der Waals surface area contributed by atoms with Gasteiger partial charge in [-0.15, -0.1) is 11.3 Å². The van der Waals surface area contributed by atoms with E-state index in [-0.39, 0.29) is 5.69 Å².